The topological polar surface area (TPSA) is 59.8 Å². The molecular weight excluding hydrogens is 498 g/mol. The van der Waals surface area contributed by atoms with E-state index < -0.39 is 6.10 Å². The molecule has 0 amide bonds. The first-order chi connectivity index (χ1) is 18.6. The zero-order chi connectivity index (χ0) is 26.3. The van der Waals surface area contributed by atoms with Crippen molar-refractivity contribution in [2.24, 2.45) is 5.92 Å². The SMILES string of the molecule is Cc1nn(-c2ccccc2)c(Oc2ccccc2Cl)c1CN(CC1CC1)C[C@H](O)COCc1ccccc1. The van der Waals surface area contributed by atoms with Crippen LogP contribution in [0.15, 0.2) is 84.9 Å². The summed E-state index contributed by atoms with van der Waals surface area (Å²) in [4.78, 5) is 2.30. The highest BCUT2D eigenvalue weighted by molar-refractivity contribution is 6.32. The Labute approximate surface area is 229 Å². The van der Waals surface area contributed by atoms with Crippen molar-refractivity contribution >= 4 is 11.6 Å². The van der Waals surface area contributed by atoms with E-state index in [0.29, 0.717) is 42.3 Å². The molecule has 38 heavy (non-hydrogen) atoms. The number of aromatic nitrogens is 2. The lowest BCUT2D eigenvalue weighted by atomic mass is 10.2. The minimum atomic E-state index is -0.602. The molecule has 0 aliphatic heterocycles. The van der Waals surface area contributed by atoms with E-state index in [1.165, 1.54) is 12.8 Å². The molecule has 1 atom stereocenters. The normalized spacial score (nSPS) is 14.1. The molecule has 4 aromatic rings. The summed E-state index contributed by atoms with van der Waals surface area (Å²) in [6.45, 7) is 4.79. The maximum atomic E-state index is 10.9. The molecule has 0 unspecified atom stereocenters. The largest absolute Gasteiger partial charge is 0.437 e. The molecule has 1 aliphatic carbocycles. The highest BCUT2D eigenvalue weighted by Crippen LogP contribution is 2.36. The molecule has 0 spiro atoms. The third-order valence-corrected chi connectivity index (χ3v) is 6.98. The van der Waals surface area contributed by atoms with Crippen molar-refractivity contribution in [1.82, 2.24) is 14.7 Å². The van der Waals surface area contributed by atoms with Crippen molar-refractivity contribution in [3.8, 4) is 17.3 Å². The molecule has 1 fully saturated rings. The van der Waals surface area contributed by atoms with Gasteiger partial charge in [-0.3, -0.25) is 4.90 Å². The molecule has 1 aliphatic rings. The predicted molar refractivity (Wildman–Crippen MR) is 150 cm³/mol. The zero-order valence-electron chi connectivity index (χ0n) is 21.7. The van der Waals surface area contributed by atoms with E-state index in [2.05, 4.69) is 4.90 Å². The van der Waals surface area contributed by atoms with Crippen molar-refractivity contribution in [2.45, 2.75) is 39.0 Å². The van der Waals surface area contributed by atoms with Crippen LogP contribution in [-0.2, 0) is 17.9 Å². The fraction of sp³-hybridized carbons (Fsp3) is 0.323. The summed E-state index contributed by atoms with van der Waals surface area (Å²) in [6.07, 6.45) is 1.85. The van der Waals surface area contributed by atoms with Crippen molar-refractivity contribution in [1.29, 1.82) is 0 Å². The van der Waals surface area contributed by atoms with Gasteiger partial charge in [-0.25, -0.2) is 4.68 Å². The molecular formula is C31H34ClN3O3. The summed E-state index contributed by atoms with van der Waals surface area (Å²) in [7, 11) is 0. The number of hydrogen-bond acceptors (Lipinski definition) is 5. The Hall–Kier alpha value is -3.16. The number of benzene rings is 3. The fourth-order valence-corrected chi connectivity index (χ4v) is 4.71. The number of aryl methyl sites for hydroxylation is 1. The number of aliphatic hydroxyl groups is 1. The standard InChI is InChI=1S/C31H34ClN3O3/c1-23-28(20-34(18-24-16-17-24)19-27(36)22-37-21-25-10-4-2-5-11-25)31(38-30-15-9-8-14-29(30)32)35(33-23)26-12-6-3-7-13-26/h2-15,24,27,36H,16-22H2,1H3/t27-/m0/s1. The first-order valence-electron chi connectivity index (χ1n) is 13.1. The highest BCUT2D eigenvalue weighted by Gasteiger charge is 2.28. The van der Waals surface area contributed by atoms with E-state index in [4.69, 9.17) is 26.2 Å². The van der Waals surface area contributed by atoms with Gasteiger partial charge in [0.1, 0.15) is 5.75 Å². The Kier molecular flexibility index (Phi) is 8.76. The van der Waals surface area contributed by atoms with E-state index in [9.17, 15) is 5.11 Å². The monoisotopic (exact) mass is 531 g/mol. The molecule has 1 aromatic heterocycles. The van der Waals surface area contributed by atoms with Crippen LogP contribution in [0.2, 0.25) is 5.02 Å². The van der Waals surface area contributed by atoms with E-state index in [1.807, 2.05) is 96.5 Å². The van der Waals surface area contributed by atoms with Crippen LogP contribution in [0.4, 0.5) is 0 Å². The van der Waals surface area contributed by atoms with Gasteiger partial charge in [-0.05, 0) is 55.5 Å². The molecule has 3 aromatic carbocycles. The molecule has 1 N–H and O–H groups in total. The van der Waals surface area contributed by atoms with E-state index >= 15 is 0 Å². The molecule has 6 nitrogen and oxygen atoms in total. The van der Waals surface area contributed by atoms with E-state index in [1.54, 1.807) is 0 Å². The molecule has 0 radical (unpaired) electrons. The van der Waals surface area contributed by atoms with Crippen LogP contribution in [-0.4, -0.2) is 45.6 Å². The second-order valence-corrected chi connectivity index (χ2v) is 10.3. The smallest absolute Gasteiger partial charge is 0.227 e. The van der Waals surface area contributed by atoms with Crippen LogP contribution >= 0.6 is 11.6 Å². The van der Waals surface area contributed by atoms with Crippen molar-refractivity contribution in [3.05, 3.63) is 107 Å². The van der Waals surface area contributed by atoms with E-state index in [0.717, 1.165) is 29.1 Å². The Morgan fingerprint density at radius 2 is 1.68 bits per heavy atom. The minimum absolute atomic E-state index is 0.279. The minimum Gasteiger partial charge on any atom is -0.437 e. The second kappa shape index (κ2) is 12.6. The van der Waals surface area contributed by atoms with Gasteiger partial charge in [0.2, 0.25) is 5.88 Å². The molecule has 7 heteroatoms. The Morgan fingerprint density at radius 3 is 2.39 bits per heavy atom. The van der Waals surface area contributed by atoms with Crippen LogP contribution in [0.25, 0.3) is 5.69 Å². The van der Waals surface area contributed by atoms with Crippen LogP contribution in [0.5, 0.6) is 11.6 Å². The summed E-state index contributed by atoms with van der Waals surface area (Å²) in [6, 6.07) is 27.4. The Morgan fingerprint density at radius 1 is 1.00 bits per heavy atom. The number of ether oxygens (including phenoxy) is 2. The lowest BCUT2D eigenvalue weighted by Gasteiger charge is -2.25. The summed E-state index contributed by atoms with van der Waals surface area (Å²) in [5.41, 5.74) is 3.87. The maximum Gasteiger partial charge on any atom is 0.227 e. The molecule has 198 valence electrons. The van der Waals surface area contributed by atoms with Gasteiger partial charge in [0.25, 0.3) is 0 Å². The summed E-state index contributed by atoms with van der Waals surface area (Å²) in [5.74, 6) is 1.87. The Balaban J connectivity index is 1.35. The number of halogens is 1. The van der Waals surface area contributed by atoms with Gasteiger partial charge in [-0.2, -0.15) is 5.10 Å². The number of aliphatic hydroxyl groups excluding tert-OH is 1. The summed E-state index contributed by atoms with van der Waals surface area (Å²) >= 11 is 6.46. The van der Waals surface area contributed by atoms with E-state index in [-0.39, 0.29) is 6.61 Å². The number of para-hydroxylation sites is 2. The van der Waals surface area contributed by atoms with Crippen LogP contribution in [0.1, 0.15) is 29.7 Å². The quantitative estimate of drug-likeness (QED) is 0.216. The van der Waals surface area contributed by atoms with Gasteiger partial charge < -0.3 is 14.6 Å². The van der Waals surface area contributed by atoms with Crippen LogP contribution in [0.3, 0.4) is 0 Å². The van der Waals surface area contributed by atoms with Gasteiger partial charge in [0.05, 0.1) is 41.3 Å². The molecule has 0 bridgehead atoms. The first-order valence-corrected chi connectivity index (χ1v) is 13.5. The number of hydrogen-bond donors (Lipinski definition) is 1. The number of rotatable bonds is 13. The molecule has 0 saturated heterocycles. The van der Waals surface area contributed by atoms with Gasteiger partial charge in [-0.15, -0.1) is 0 Å². The van der Waals surface area contributed by atoms with Crippen LogP contribution in [0, 0.1) is 12.8 Å². The summed E-state index contributed by atoms with van der Waals surface area (Å²) < 4.78 is 14.1. The predicted octanol–water partition coefficient (Wildman–Crippen LogP) is 6.42. The Bertz CT molecular complexity index is 1310. The van der Waals surface area contributed by atoms with Gasteiger partial charge in [0, 0.05) is 19.6 Å². The van der Waals surface area contributed by atoms with Crippen molar-refractivity contribution in [3.63, 3.8) is 0 Å². The average Bonchev–Trinajstić information content (AvgIpc) is 3.70. The highest BCUT2D eigenvalue weighted by atomic mass is 35.5. The van der Waals surface area contributed by atoms with Crippen LogP contribution < -0.4 is 4.74 Å². The third kappa shape index (κ3) is 7.03. The lowest BCUT2D eigenvalue weighted by Crippen LogP contribution is -2.36. The molecule has 1 heterocycles. The first kappa shape index (κ1) is 26.4. The van der Waals surface area contributed by atoms with Gasteiger partial charge in [-0.1, -0.05) is 72.3 Å². The third-order valence-electron chi connectivity index (χ3n) is 6.67. The van der Waals surface area contributed by atoms with Crippen molar-refractivity contribution in [2.75, 3.05) is 19.7 Å². The maximum absolute atomic E-state index is 10.9. The molecule has 1 saturated carbocycles. The fourth-order valence-electron chi connectivity index (χ4n) is 4.53. The van der Waals surface area contributed by atoms with Gasteiger partial charge in [0.15, 0.2) is 0 Å². The molecule has 5 rings (SSSR count). The average molecular weight is 532 g/mol. The summed E-state index contributed by atoms with van der Waals surface area (Å²) in [5, 5.41) is 16.3. The van der Waals surface area contributed by atoms with Gasteiger partial charge >= 0.3 is 0 Å². The second-order valence-electron chi connectivity index (χ2n) is 9.94. The van der Waals surface area contributed by atoms with Crippen molar-refractivity contribution < 1.29 is 14.6 Å². The number of nitrogens with zero attached hydrogens (tertiary/aromatic N) is 3. The zero-order valence-corrected chi connectivity index (χ0v) is 22.4. The lowest BCUT2D eigenvalue weighted by molar-refractivity contribution is 0.00769.